The van der Waals surface area contributed by atoms with Crippen molar-refractivity contribution >= 4 is 15.9 Å². The first-order valence-electron chi connectivity index (χ1n) is 5.48. The Morgan fingerprint density at radius 2 is 2.18 bits per heavy atom. The molecule has 0 aliphatic rings. The first-order valence-corrected chi connectivity index (χ1v) is 6.27. The molecule has 4 nitrogen and oxygen atoms in total. The van der Waals surface area contributed by atoms with E-state index in [1.807, 2.05) is 26.0 Å². The number of hydrogen-bond donors (Lipinski definition) is 1. The molecule has 17 heavy (non-hydrogen) atoms. The highest BCUT2D eigenvalue weighted by Gasteiger charge is 2.16. The number of hydrogen-bond acceptors (Lipinski definition) is 4. The molecule has 2 heterocycles. The predicted octanol–water partition coefficient (Wildman–Crippen LogP) is 3.50. The molecule has 0 saturated heterocycles. The Morgan fingerprint density at radius 3 is 2.71 bits per heavy atom. The topological polar surface area (TPSA) is 51.2 Å². The van der Waals surface area contributed by atoms with E-state index >= 15 is 0 Å². The maximum Gasteiger partial charge on any atom is 0.169 e. The highest BCUT2D eigenvalue weighted by Crippen LogP contribution is 2.21. The SMILES string of the molecule is Cc1noc(C)c1C(C)NCc1ccc(Br)o1. The van der Waals surface area contributed by atoms with Crippen molar-refractivity contribution in [1.29, 1.82) is 0 Å². The van der Waals surface area contributed by atoms with Gasteiger partial charge in [-0.1, -0.05) is 5.16 Å². The van der Waals surface area contributed by atoms with Crippen LogP contribution in [0.1, 0.15) is 35.7 Å². The molecular formula is C12H15BrN2O2. The van der Waals surface area contributed by atoms with Crippen LogP contribution in [0.2, 0.25) is 0 Å². The van der Waals surface area contributed by atoms with Gasteiger partial charge in [-0.05, 0) is 48.8 Å². The number of nitrogens with zero attached hydrogens (tertiary/aromatic N) is 1. The molecule has 0 saturated carbocycles. The molecule has 92 valence electrons. The van der Waals surface area contributed by atoms with Crippen molar-refractivity contribution in [3.8, 4) is 0 Å². The van der Waals surface area contributed by atoms with E-state index in [2.05, 4.69) is 33.3 Å². The first kappa shape index (κ1) is 12.4. The van der Waals surface area contributed by atoms with E-state index in [-0.39, 0.29) is 6.04 Å². The molecule has 0 radical (unpaired) electrons. The van der Waals surface area contributed by atoms with Crippen LogP contribution in [-0.2, 0) is 6.54 Å². The Hall–Kier alpha value is -1.07. The third kappa shape index (κ3) is 2.79. The lowest BCUT2D eigenvalue weighted by atomic mass is 10.1. The molecule has 1 atom stereocenters. The summed E-state index contributed by atoms with van der Waals surface area (Å²) in [7, 11) is 0. The lowest BCUT2D eigenvalue weighted by Gasteiger charge is -2.12. The van der Waals surface area contributed by atoms with Crippen molar-refractivity contribution in [2.45, 2.75) is 33.4 Å². The second kappa shape index (κ2) is 5.06. The molecule has 0 amide bonds. The first-order chi connectivity index (χ1) is 8.08. The molecule has 1 unspecified atom stereocenters. The Kier molecular flexibility index (Phi) is 3.69. The maximum atomic E-state index is 5.43. The molecule has 0 bridgehead atoms. The van der Waals surface area contributed by atoms with Gasteiger partial charge in [0.2, 0.25) is 0 Å². The minimum absolute atomic E-state index is 0.185. The highest BCUT2D eigenvalue weighted by molar-refractivity contribution is 9.10. The van der Waals surface area contributed by atoms with E-state index in [1.54, 1.807) is 0 Å². The standard InChI is InChI=1S/C12H15BrN2O2/c1-7(12-8(2)15-17-9(12)3)14-6-10-4-5-11(13)16-10/h4-5,7,14H,6H2,1-3H3. The fourth-order valence-electron chi connectivity index (χ4n) is 1.91. The van der Waals surface area contributed by atoms with Crippen LogP contribution in [0.3, 0.4) is 0 Å². The fourth-order valence-corrected chi connectivity index (χ4v) is 2.25. The average Bonchev–Trinajstić information content (AvgIpc) is 2.83. The quantitative estimate of drug-likeness (QED) is 0.938. The second-order valence-electron chi connectivity index (χ2n) is 4.05. The van der Waals surface area contributed by atoms with Crippen molar-refractivity contribution in [2.75, 3.05) is 0 Å². The lowest BCUT2D eigenvalue weighted by Crippen LogP contribution is -2.18. The number of aromatic nitrogens is 1. The van der Waals surface area contributed by atoms with E-state index in [0.29, 0.717) is 6.54 Å². The number of furan rings is 1. The number of halogens is 1. The van der Waals surface area contributed by atoms with Gasteiger partial charge < -0.3 is 14.3 Å². The summed E-state index contributed by atoms with van der Waals surface area (Å²) in [6.45, 7) is 6.64. The number of aryl methyl sites for hydroxylation is 2. The summed E-state index contributed by atoms with van der Waals surface area (Å²) in [4.78, 5) is 0. The van der Waals surface area contributed by atoms with Crippen LogP contribution in [0.5, 0.6) is 0 Å². The molecule has 5 heteroatoms. The van der Waals surface area contributed by atoms with Gasteiger partial charge in [0, 0.05) is 11.6 Å². The van der Waals surface area contributed by atoms with Crippen LogP contribution < -0.4 is 5.32 Å². The van der Waals surface area contributed by atoms with Gasteiger partial charge in [-0.25, -0.2) is 0 Å². The monoisotopic (exact) mass is 298 g/mol. The lowest BCUT2D eigenvalue weighted by molar-refractivity contribution is 0.389. The van der Waals surface area contributed by atoms with Crippen LogP contribution in [-0.4, -0.2) is 5.16 Å². The van der Waals surface area contributed by atoms with Crippen LogP contribution in [0.25, 0.3) is 0 Å². The van der Waals surface area contributed by atoms with E-state index in [9.17, 15) is 0 Å². The summed E-state index contributed by atoms with van der Waals surface area (Å²) >= 11 is 3.28. The Labute approximate surface area is 108 Å². The zero-order valence-electron chi connectivity index (χ0n) is 10.1. The van der Waals surface area contributed by atoms with Crippen LogP contribution in [0.4, 0.5) is 0 Å². The molecule has 1 N–H and O–H groups in total. The molecule has 0 spiro atoms. The molecular weight excluding hydrogens is 284 g/mol. The van der Waals surface area contributed by atoms with Gasteiger partial charge in [-0.3, -0.25) is 0 Å². The summed E-state index contributed by atoms with van der Waals surface area (Å²) in [5.74, 6) is 1.76. The summed E-state index contributed by atoms with van der Waals surface area (Å²) < 4.78 is 11.3. The fraction of sp³-hybridized carbons (Fsp3) is 0.417. The van der Waals surface area contributed by atoms with E-state index in [4.69, 9.17) is 8.94 Å². The Bertz CT molecular complexity index is 485. The van der Waals surface area contributed by atoms with Gasteiger partial charge in [-0.2, -0.15) is 0 Å². The Balaban J connectivity index is 2.00. The molecule has 2 rings (SSSR count). The normalized spacial score (nSPS) is 12.9. The maximum absolute atomic E-state index is 5.43. The van der Waals surface area contributed by atoms with Gasteiger partial charge in [-0.15, -0.1) is 0 Å². The van der Waals surface area contributed by atoms with Gasteiger partial charge in [0.25, 0.3) is 0 Å². The van der Waals surface area contributed by atoms with E-state index in [0.717, 1.165) is 27.4 Å². The largest absolute Gasteiger partial charge is 0.453 e. The highest BCUT2D eigenvalue weighted by atomic mass is 79.9. The van der Waals surface area contributed by atoms with Gasteiger partial charge in [0.15, 0.2) is 4.67 Å². The number of nitrogens with one attached hydrogen (secondary N) is 1. The average molecular weight is 299 g/mol. The number of rotatable bonds is 4. The molecule has 0 aromatic carbocycles. The smallest absolute Gasteiger partial charge is 0.169 e. The van der Waals surface area contributed by atoms with Crippen molar-refractivity contribution in [2.24, 2.45) is 0 Å². The van der Waals surface area contributed by atoms with Crippen molar-refractivity contribution in [1.82, 2.24) is 10.5 Å². The van der Waals surface area contributed by atoms with Crippen molar-refractivity contribution in [3.63, 3.8) is 0 Å². The second-order valence-corrected chi connectivity index (χ2v) is 4.83. The summed E-state index contributed by atoms with van der Waals surface area (Å²) in [5, 5.41) is 7.33. The zero-order valence-corrected chi connectivity index (χ0v) is 11.7. The molecule has 0 aliphatic carbocycles. The third-order valence-corrected chi connectivity index (χ3v) is 3.16. The van der Waals surface area contributed by atoms with Gasteiger partial charge >= 0.3 is 0 Å². The van der Waals surface area contributed by atoms with Crippen LogP contribution >= 0.6 is 15.9 Å². The van der Waals surface area contributed by atoms with Crippen LogP contribution in [0, 0.1) is 13.8 Å². The van der Waals surface area contributed by atoms with Crippen LogP contribution in [0.15, 0.2) is 25.7 Å². The predicted molar refractivity (Wildman–Crippen MR) is 67.6 cm³/mol. The summed E-state index contributed by atoms with van der Waals surface area (Å²) in [5.41, 5.74) is 2.05. The molecule has 2 aromatic rings. The minimum atomic E-state index is 0.185. The summed E-state index contributed by atoms with van der Waals surface area (Å²) in [6, 6.07) is 4.01. The van der Waals surface area contributed by atoms with E-state index < -0.39 is 0 Å². The molecule has 0 fully saturated rings. The zero-order chi connectivity index (χ0) is 12.4. The Morgan fingerprint density at radius 1 is 1.41 bits per heavy atom. The molecule has 0 aliphatic heterocycles. The molecule has 2 aromatic heterocycles. The van der Waals surface area contributed by atoms with Crippen molar-refractivity contribution in [3.05, 3.63) is 39.6 Å². The summed E-state index contributed by atoms with van der Waals surface area (Å²) in [6.07, 6.45) is 0. The van der Waals surface area contributed by atoms with Crippen molar-refractivity contribution < 1.29 is 8.94 Å². The minimum Gasteiger partial charge on any atom is -0.453 e. The van der Waals surface area contributed by atoms with Gasteiger partial charge in [0.05, 0.1) is 12.2 Å². The van der Waals surface area contributed by atoms with Gasteiger partial charge in [0.1, 0.15) is 11.5 Å². The van der Waals surface area contributed by atoms with E-state index in [1.165, 1.54) is 0 Å². The third-order valence-electron chi connectivity index (χ3n) is 2.73.